The number of nitrogens with zero attached hydrogens (tertiary/aromatic N) is 2. The summed E-state index contributed by atoms with van der Waals surface area (Å²) in [5.74, 6) is 0.251. The van der Waals surface area contributed by atoms with Crippen LogP contribution >= 0.6 is 22.9 Å². The fourth-order valence-electron chi connectivity index (χ4n) is 1.23. The lowest BCUT2D eigenvalue weighted by Crippen LogP contribution is -2.35. The van der Waals surface area contributed by atoms with Crippen LogP contribution in [0, 0.1) is 6.92 Å². The van der Waals surface area contributed by atoms with Crippen molar-refractivity contribution >= 4 is 33.0 Å². The van der Waals surface area contributed by atoms with Crippen LogP contribution in [0.25, 0.3) is 0 Å². The minimum atomic E-state index is -3.49. The van der Waals surface area contributed by atoms with Gasteiger partial charge in [0.25, 0.3) is 10.0 Å². The van der Waals surface area contributed by atoms with E-state index in [1.807, 2.05) is 0 Å². The van der Waals surface area contributed by atoms with Crippen molar-refractivity contribution < 1.29 is 13.2 Å². The van der Waals surface area contributed by atoms with Gasteiger partial charge in [-0.1, -0.05) is 0 Å². The largest absolute Gasteiger partial charge is 0.383 e. The van der Waals surface area contributed by atoms with Crippen LogP contribution in [0.4, 0.5) is 0 Å². The predicted molar refractivity (Wildman–Crippen MR) is 68.2 cm³/mol. The zero-order valence-corrected chi connectivity index (χ0v) is 12.1. The summed E-state index contributed by atoms with van der Waals surface area (Å²) >= 11 is 6.77. The van der Waals surface area contributed by atoms with E-state index in [4.69, 9.17) is 16.3 Å². The molecule has 5 nitrogen and oxygen atoms in total. The fourth-order valence-corrected chi connectivity index (χ4v) is 4.22. The molecule has 98 valence electrons. The summed E-state index contributed by atoms with van der Waals surface area (Å²) in [4.78, 5) is 3.95. The molecule has 0 aliphatic heterocycles. The second kappa shape index (κ2) is 6.65. The van der Waals surface area contributed by atoms with Crippen molar-refractivity contribution in [3.63, 3.8) is 0 Å². The maximum Gasteiger partial charge on any atom is 0.254 e. The van der Waals surface area contributed by atoms with E-state index < -0.39 is 10.0 Å². The van der Waals surface area contributed by atoms with Gasteiger partial charge in [-0.15, -0.1) is 22.9 Å². The Morgan fingerprint density at radius 2 is 2.24 bits per heavy atom. The molecular formula is C9H15ClN2O3S2. The molecule has 1 aromatic rings. The number of sulfonamides is 1. The highest BCUT2D eigenvalue weighted by Gasteiger charge is 2.25. The molecule has 0 aliphatic carbocycles. The van der Waals surface area contributed by atoms with Crippen LogP contribution in [0.3, 0.4) is 0 Å². The lowest BCUT2D eigenvalue weighted by atomic mass is 10.6. The van der Waals surface area contributed by atoms with Crippen molar-refractivity contribution in [1.29, 1.82) is 0 Å². The molecule has 8 heteroatoms. The van der Waals surface area contributed by atoms with Crippen LogP contribution < -0.4 is 0 Å². The van der Waals surface area contributed by atoms with Gasteiger partial charge in [0.1, 0.15) is 0 Å². The smallest absolute Gasteiger partial charge is 0.254 e. The first-order chi connectivity index (χ1) is 8.02. The molecule has 0 spiro atoms. The van der Waals surface area contributed by atoms with E-state index in [0.29, 0.717) is 13.2 Å². The highest BCUT2D eigenvalue weighted by atomic mass is 35.5. The number of thiazole rings is 1. The van der Waals surface area contributed by atoms with Crippen molar-refractivity contribution in [1.82, 2.24) is 9.29 Å². The Morgan fingerprint density at radius 3 is 2.71 bits per heavy atom. The highest BCUT2D eigenvalue weighted by molar-refractivity contribution is 7.91. The van der Waals surface area contributed by atoms with Crippen LogP contribution in [0.15, 0.2) is 10.4 Å². The average Bonchev–Trinajstić information content (AvgIpc) is 2.71. The van der Waals surface area contributed by atoms with E-state index in [-0.39, 0.29) is 16.6 Å². The molecule has 0 aliphatic rings. The van der Waals surface area contributed by atoms with Gasteiger partial charge < -0.3 is 4.74 Å². The van der Waals surface area contributed by atoms with Crippen LogP contribution in [0.2, 0.25) is 0 Å². The van der Waals surface area contributed by atoms with Crippen LogP contribution in [0.5, 0.6) is 0 Å². The Kier molecular flexibility index (Phi) is 5.81. The van der Waals surface area contributed by atoms with Gasteiger partial charge in [-0.2, -0.15) is 4.31 Å². The third-order valence-electron chi connectivity index (χ3n) is 2.07. The second-order valence-electron chi connectivity index (χ2n) is 3.28. The first-order valence-corrected chi connectivity index (χ1v) is 7.79. The van der Waals surface area contributed by atoms with Gasteiger partial charge >= 0.3 is 0 Å². The van der Waals surface area contributed by atoms with E-state index in [9.17, 15) is 8.42 Å². The van der Waals surface area contributed by atoms with E-state index in [2.05, 4.69) is 4.98 Å². The molecule has 0 unspecified atom stereocenters. The van der Waals surface area contributed by atoms with Gasteiger partial charge in [0.15, 0.2) is 4.21 Å². The molecule has 0 bridgehead atoms. The normalized spacial score (nSPS) is 12.2. The third-order valence-corrected chi connectivity index (χ3v) is 5.49. The van der Waals surface area contributed by atoms with Gasteiger partial charge in [0.05, 0.1) is 17.8 Å². The Labute approximate surface area is 110 Å². The van der Waals surface area contributed by atoms with Crippen molar-refractivity contribution in [3.8, 4) is 0 Å². The minimum Gasteiger partial charge on any atom is -0.383 e. The zero-order valence-electron chi connectivity index (χ0n) is 9.72. The molecular weight excluding hydrogens is 284 g/mol. The summed E-state index contributed by atoms with van der Waals surface area (Å²) in [6.07, 6.45) is 1.38. The Balaban J connectivity index is 2.91. The number of halogens is 1. The lowest BCUT2D eigenvalue weighted by molar-refractivity contribution is 0.180. The molecule has 0 saturated carbocycles. The van der Waals surface area contributed by atoms with E-state index >= 15 is 0 Å². The summed E-state index contributed by atoms with van der Waals surface area (Å²) in [6.45, 7) is 2.67. The quantitative estimate of drug-likeness (QED) is 0.713. The molecule has 1 heterocycles. The monoisotopic (exact) mass is 298 g/mol. The standard InChI is InChI=1S/C9H15ClN2O3S2/c1-8-11-7-9(16-8)17(13,14)12(4-3-10)5-6-15-2/h7H,3-6H2,1-2H3. The lowest BCUT2D eigenvalue weighted by Gasteiger charge is -2.19. The first kappa shape index (κ1) is 14.8. The van der Waals surface area contributed by atoms with Crippen LogP contribution in [0.1, 0.15) is 5.01 Å². The molecule has 0 fully saturated rings. The number of aryl methyl sites for hydroxylation is 1. The van der Waals surface area contributed by atoms with Crippen molar-refractivity contribution in [2.24, 2.45) is 0 Å². The van der Waals surface area contributed by atoms with Gasteiger partial charge in [-0.25, -0.2) is 13.4 Å². The zero-order chi connectivity index (χ0) is 12.9. The van der Waals surface area contributed by atoms with E-state index in [0.717, 1.165) is 16.3 Å². The van der Waals surface area contributed by atoms with E-state index in [1.54, 1.807) is 6.92 Å². The number of hydrogen-bond donors (Lipinski definition) is 0. The summed E-state index contributed by atoms with van der Waals surface area (Å²) < 4.78 is 30.9. The Morgan fingerprint density at radius 1 is 1.53 bits per heavy atom. The van der Waals surface area contributed by atoms with Crippen LogP contribution in [-0.4, -0.2) is 50.4 Å². The SMILES string of the molecule is COCCN(CCCl)S(=O)(=O)c1cnc(C)s1. The number of methoxy groups -OCH3 is 1. The molecule has 0 atom stereocenters. The summed E-state index contributed by atoms with van der Waals surface area (Å²) in [5, 5.41) is 0.723. The van der Waals surface area contributed by atoms with Crippen molar-refractivity contribution in [2.75, 3.05) is 32.7 Å². The molecule has 1 rings (SSSR count). The molecule has 0 saturated heterocycles. The third kappa shape index (κ3) is 3.89. The molecule has 0 N–H and O–H groups in total. The Hall–Kier alpha value is -0.210. The van der Waals surface area contributed by atoms with Gasteiger partial charge in [-0.05, 0) is 6.92 Å². The van der Waals surface area contributed by atoms with Gasteiger partial charge in [-0.3, -0.25) is 0 Å². The van der Waals surface area contributed by atoms with E-state index in [1.165, 1.54) is 17.6 Å². The predicted octanol–water partition coefficient (Wildman–Crippen LogP) is 1.33. The summed E-state index contributed by atoms with van der Waals surface area (Å²) in [5.41, 5.74) is 0. The number of alkyl halides is 1. The maximum atomic E-state index is 12.2. The first-order valence-electron chi connectivity index (χ1n) is 5.00. The number of hydrogen-bond acceptors (Lipinski definition) is 5. The molecule has 0 aromatic carbocycles. The molecule has 0 radical (unpaired) electrons. The van der Waals surface area contributed by atoms with Crippen molar-refractivity contribution in [3.05, 3.63) is 11.2 Å². The minimum absolute atomic E-state index is 0.246. The maximum absolute atomic E-state index is 12.2. The summed E-state index contributed by atoms with van der Waals surface area (Å²) in [6, 6.07) is 0. The van der Waals surface area contributed by atoms with Gasteiger partial charge in [0, 0.05) is 26.1 Å². The van der Waals surface area contributed by atoms with Gasteiger partial charge in [0.2, 0.25) is 0 Å². The number of aromatic nitrogens is 1. The number of rotatable bonds is 7. The summed E-state index contributed by atoms with van der Waals surface area (Å²) in [7, 11) is -1.96. The molecule has 17 heavy (non-hydrogen) atoms. The fraction of sp³-hybridized carbons (Fsp3) is 0.667. The number of ether oxygens (including phenoxy) is 1. The Bertz CT molecular complexity index is 447. The molecule has 1 aromatic heterocycles. The topological polar surface area (TPSA) is 59.5 Å². The average molecular weight is 299 g/mol. The van der Waals surface area contributed by atoms with Crippen molar-refractivity contribution in [2.45, 2.75) is 11.1 Å². The van der Waals surface area contributed by atoms with Crippen LogP contribution in [-0.2, 0) is 14.8 Å². The molecule has 0 amide bonds. The highest BCUT2D eigenvalue weighted by Crippen LogP contribution is 2.22. The second-order valence-corrected chi connectivity index (χ2v) is 7.06.